The molecule has 0 amide bonds. The Labute approximate surface area is 77.4 Å². The predicted molar refractivity (Wildman–Crippen MR) is 50.6 cm³/mol. The molecule has 0 aliphatic heterocycles. The van der Waals surface area contributed by atoms with Crippen molar-refractivity contribution in [2.24, 2.45) is 0 Å². The van der Waals surface area contributed by atoms with Gasteiger partial charge in [-0.05, 0) is 30.5 Å². The van der Waals surface area contributed by atoms with Gasteiger partial charge in [-0.2, -0.15) is 0 Å². The number of benzene rings is 1. The lowest BCUT2D eigenvalue weighted by molar-refractivity contribution is -0.107. The van der Waals surface area contributed by atoms with Gasteiger partial charge in [0, 0.05) is 11.4 Å². The molecule has 0 unspecified atom stereocenters. The van der Waals surface area contributed by atoms with E-state index in [0.29, 0.717) is 6.42 Å². The molecule has 0 fully saturated rings. The summed E-state index contributed by atoms with van der Waals surface area (Å²) in [6.07, 6.45) is 2.29. The van der Waals surface area contributed by atoms with Gasteiger partial charge in [-0.1, -0.05) is 23.7 Å². The molecule has 0 aliphatic rings. The molecule has 1 nitrogen and oxygen atoms in total. The molecule has 1 aromatic rings. The van der Waals surface area contributed by atoms with Crippen molar-refractivity contribution in [1.82, 2.24) is 0 Å². The van der Waals surface area contributed by atoms with E-state index in [1.165, 1.54) is 0 Å². The number of aldehydes is 1. The summed E-state index contributed by atoms with van der Waals surface area (Å²) in [7, 11) is 0. The Kier molecular flexibility index (Phi) is 3.30. The van der Waals surface area contributed by atoms with E-state index in [4.69, 9.17) is 11.6 Å². The van der Waals surface area contributed by atoms with Gasteiger partial charge in [0.15, 0.2) is 0 Å². The van der Waals surface area contributed by atoms with E-state index in [0.717, 1.165) is 28.9 Å². The van der Waals surface area contributed by atoms with Crippen LogP contribution >= 0.6 is 11.6 Å². The minimum atomic E-state index is 0.571. The number of aryl methyl sites for hydroxylation is 1. The van der Waals surface area contributed by atoms with Crippen LogP contribution in [0.3, 0.4) is 0 Å². The van der Waals surface area contributed by atoms with Crippen molar-refractivity contribution >= 4 is 17.9 Å². The first-order chi connectivity index (χ1) is 5.75. The molecule has 64 valence electrons. The van der Waals surface area contributed by atoms with Crippen molar-refractivity contribution in [3.63, 3.8) is 0 Å². The fraction of sp³-hybridized carbons (Fsp3) is 0.300. The highest BCUT2D eigenvalue weighted by Crippen LogP contribution is 2.19. The van der Waals surface area contributed by atoms with Gasteiger partial charge in [-0.25, -0.2) is 0 Å². The van der Waals surface area contributed by atoms with Gasteiger partial charge in [-0.3, -0.25) is 0 Å². The fourth-order valence-corrected chi connectivity index (χ4v) is 1.33. The van der Waals surface area contributed by atoms with E-state index >= 15 is 0 Å². The van der Waals surface area contributed by atoms with Crippen LogP contribution in [-0.4, -0.2) is 6.29 Å². The summed E-state index contributed by atoms with van der Waals surface area (Å²) in [4.78, 5) is 10.1. The number of hydrogen-bond donors (Lipinski definition) is 0. The Morgan fingerprint density at radius 3 is 2.92 bits per heavy atom. The second-order valence-corrected chi connectivity index (χ2v) is 3.14. The molecule has 0 saturated carbocycles. The zero-order valence-corrected chi connectivity index (χ0v) is 7.77. The predicted octanol–water partition coefficient (Wildman–Crippen LogP) is 2.78. The van der Waals surface area contributed by atoms with Crippen molar-refractivity contribution in [2.45, 2.75) is 19.8 Å². The molecule has 0 radical (unpaired) electrons. The van der Waals surface area contributed by atoms with Gasteiger partial charge >= 0.3 is 0 Å². The standard InChI is InChI=1S/C10H11ClO/c1-8-9(5-3-7-12)4-2-6-10(8)11/h2,4,6-7H,3,5H2,1H3. The maximum Gasteiger partial charge on any atom is 0.120 e. The summed E-state index contributed by atoms with van der Waals surface area (Å²) in [5.74, 6) is 0. The molecule has 0 heterocycles. The third-order valence-corrected chi connectivity index (χ3v) is 2.32. The molecule has 2 heteroatoms. The summed E-state index contributed by atoms with van der Waals surface area (Å²) in [6, 6.07) is 5.78. The molecule has 0 saturated heterocycles. The van der Waals surface area contributed by atoms with Gasteiger partial charge in [0.2, 0.25) is 0 Å². The van der Waals surface area contributed by atoms with E-state index in [1.54, 1.807) is 0 Å². The van der Waals surface area contributed by atoms with E-state index < -0.39 is 0 Å². The summed E-state index contributed by atoms with van der Waals surface area (Å²) in [5, 5.41) is 0.776. The number of halogens is 1. The van der Waals surface area contributed by atoms with Crippen LogP contribution in [0.2, 0.25) is 5.02 Å². The molecule has 0 N–H and O–H groups in total. The first-order valence-corrected chi connectivity index (χ1v) is 4.31. The quantitative estimate of drug-likeness (QED) is 0.657. The second-order valence-electron chi connectivity index (χ2n) is 2.73. The molecule has 12 heavy (non-hydrogen) atoms. The lowest BCUT2D eigenvalue weighted by Gasteiger charge is -2.04. The van der Waals surface area contributed by atoms with Crippen LogP contribution < -0.4 is 0 Å². The highest BCUT2D eigenvalue weighted by Gasteiger charge is 2.00. The van der Waals surface area contributed by atoms with Gasteiger partial charge in [0.25, 0.3) is 0 Å². The molecule has 1 aromatic carbocycles. The van der Waals surface area contributed by atoms with Crippen LogP contribution in [0, 0.1) is 6.92 Å². The number of rotatable bonds is 3. The molecular formula is C10H11ClO. The van der Waals surface area contributed by atoms with Gasteiger partial charge in [0.1, 0.15) is 6.29 Å². The van der Waals surface area contributed by atoms with Crippen LogP contribution in [0.15, 0.2) is 18.2 Å². The second kappa shape index (κ2) is 4.27. The Morgan fingerprint density at radius 1 is 1.50 bits per heavy atom. The third kappa shape index (κ3) is 2.08. The average molecular weight is 183 g/mol. The molecule has 0 aromatic heterocycles. The minimum absolute atomic E-state index is 0.571. The maximum absolute atomic E-state index is 10.1. The van der Waals surface area contributed by atoms with Crippen LogP contribution in [0.25, 0.3) is 0 Å². The molecular weight excluding hydrogens is 172 g/mol. The first-order valence-electron chi connectivity index (χ1n) is 3.93. The fourth-order valence-electron chi connectivity index (χ4n) is 1.14. The van der Waals surface area contributed by atoms with Crippen molar-refractivity contribution in [1.29, 1.82) is 0 Å². The smallest absolute Gasteiger partial charge is 0.120 e. The zero-order valence-electron chi connectivity index (χ0n) is 7.01. The zero-order chi connectivity index (χ0) is 8.97. The van der Waals surface area contributed by atoms with Crippen LogP contribution in [-0.2, 0) is 11.2 Å². The molecule has 1 rings (SSSR count). The van der Waals surface area contributed by atoms with E-state index in [-0.39, 0.29) is 0 Å². The van der Waals surface area contributed by atoms with Gasteiger partial charge < -0.3 is 4.79 Å². The molecule has 0 bridgehead atoms. The number of carbonyl (C=O) groups is 1. The van der Waals surface area contributed by atoms with E-state index in [1.807, 2.05) is 25.1 Å². The largest absolute Gasteiger partial charge is 0.303 e. The van der Waals surface area contributed by atoms with Crippen molar-refractivity contribution in [3.05, 3.63) is 34.3 Å². The summed E-state index contributed by atoms with van der Waals surface area (Å²) in [5.41, 5.74) is 2.25. The average Bonchev–Trinajstić information content (AvgIpc) is 2.08. The Morgan fingerprint density at radius 2 is 2.25 bits per heavy atom. The van der Waals surface area contributed by atoms with Crippen molar-refractivity contribution < 1.29 is 4.79 Å². The topological polar surface area (TPSA) is 17.1 Å². The van der Waals surface area contributed by atoms with Crippen molar-refractivity contribution in [3.8, 4) is 0 Å². The first kappa shape index (κ1) is 9.27. The monoisotopic (exact) mass is 182 g/mol. The molecule has 0 atom stereocenters. The highest BCUT2D eigenvalue weighted by atomic mass is 35.5. The maximum atomic E-state index is 10.1. The van der Waals surface area contributed by atoms with Gasteiger partial charge in [0.05, 0.1) is 0 Å². The number of hydrogen-bond acceptors (Lipinski definition) is 1. The minimum Gasteiger partial charge on any atom is -0.303 e. The van der Waals surface area contributed by atoms with E-state index in [2.05, 4.69) is 0 Å². The Hall–Kier alpha value is -0.820. The third-order valence-electron chi connectivity index (χ3n) is 1.91. The van der Waals surface area contributed by atoms with E-state index in [9.17, 15) is 4.79 Å². The van der Waals surface area contributed by atoms with Crippen LogP contribution in [0.1, 0.15) is 17.5 Å². The Balaban J connectivity index is 2.84. The number of carbonyl (C=O) groups excluding carboxylic acids is 1. The summed E-state index contributed by atoms with van der Waals surface area (Å²) < 4.78 is 0. The van der Waals surface area contributed by atoms with Crippen molar-refractivity contribution in [2.75, 3.05) is 0 Å². The normalized spacial score (nSPS) is 9.83. The molecule has 0 spiro atoms. The SMILES string of the molecule is Cc1c(Cl)cccc1CCC=O. The van der Waals surface area contributed by atoms with Gasteiger partial charge in [-0.15, -0.1) is 0 Å². The lowest BCUT2D eigenvalue weighted by Crippen LogP contribution is -1.90. The Bertz CT molecular complexity index is 281. The lowest BCUT2D eigenvalue weighted by atomic mass is 10.0. The summed E-state index contributed by atoms with van der Waals surface area (Å²) in [6.45, 7) is 1.97. The van der Waals surface area contributed by atoms with Crippen LogP contribution in [0.5, 0.6) is 0 Å². The molecule has 0 aliphatic carbocycles. The van der Waals surface area contributed by atoms with Crippen LogP contribution in [0.4, 0.5) is 0 Å². The highest BCUT2D eigenvalue weighted by molar-refractivity contribution is 6.31. The summed E-state index contributed by atoms with van der Waals surface area (Å²) >= 11 is 5.90.